The van der Waals surface area contributed by atoms with Crippen molar-refractivity contribution < 1.29 is 14.3 Å². The van der Waals surface area contributed by atoms with Gasteiger partial charge in [-0.3, -0.25) is 0 Å². The van der Waals surface area contributed by atoms with Crippen molar-refractivity contribution in [1.29, 1.82) is 0 Å². The van der Waals surface area contributed by atoms with E-state index in [4.69, 9.17) is 9.47 Å². The molecule has 2 bridgehead atoms. The van der Waals surface area contributed by atoms with Crippen molar-refractivity contribution in [3.63, 3.8) is 0 Å². The molecule has 4 rings (SSSR count). The van der Waals surface area contributed by atoms with Gasteiger partial charge in [0.2, 0.25) is 5.88 Å². The van der Waals surface area contributed by atoms with Crippen molar-refractivity contribution in [2.75, 3.05) is 6.61 Å². The third kappa shape index (κ3) is 3.39. The number of esters is 1. The second kappa shape index (κ2) is 6.87. The molecule has 2 aliphatic rings. The Kier molecular flexibility index (Phi) is 4.43. The molecule has 2 fully saturated rings. The van der Waals surface area contributed by atoms with Gasteiger partial charge >= 0.3 is 5.97 Å². The van der Waals surface area contributed by atoms with E-state index >= 15 is 0 Å². The van der Waals surface area contributed by atoms with Gasteiger partial charge in [-0.15, -0.1) is 0 Å². The lowest BCUT2D eigenvalue weighted by atomic mass is 9.83. The molecule has 2 aromatic rings. The number of rotatable bonds is 5. The Balaban J connectivity index is 1.40. The van der Waals surface area contributed by atoms with E-state index < -0.39 is 0 Å². The Morgan fingerprint density at radius 1 is 1.12 bits per heavy atom. The first-order chi connectivity index (χ1) is 12.2. The maximum Gasteiger partial charge on any atom is 0.339 e. The molecule has 2 aliphatic carbocycles. The van der Waals surface area contributed by atoms with E-state index in [9.17, 15) is 4.79 Å². The van der Waals surface area contributed by atoms with Gasteiger partial charge in [-0.1, -0.05) is 18.6 Å². The summed E-state index contributed by atoms with van der Waals surface area (Å²) in [6.07, 6.45) is 7.07. The number of pyridine rings is 1. The van der Waals surface area contributed by atoms with Crippen LogP contribution in [0.4, 0.5) is 0 Å². The molecule has 0 radical (unpaired) electrons. The minimum absolute atomic E-state index is 0.353. The van der Waals surface area contributed by atoms with Crippen LogP contribution < -0.4 is 4.74 Å². The zero-order valence-electron chi connectivity index (χ0n) is 14.5. The Bertz CT molecular complexity index is 739. The average Bonchev–Trinajstić information content (AvgIpc) is 3.27. The predicted octanol–water partition coefficient (Wildman–Crippen LogP) is 4.95. The van der Waals surface area contributed by atoms with E-state index in [0.29, 0.717) is 18.1 Å². The molecule has 0 amide bonds. The summed E-state index contributed by atoms with van der Waals surface area (Å²) in [5.74, 6) is 3.44. The highest BCUT2D eigenvalue weighted by Gasteiger charge is 2.39. The molecular weight excluding hydrogens is 314 g/mol. The minimum Gasteiger partial charge on any atom is -0.462 e. The fourth-order valence-electron chi connectivity index (χ4n) is 4.33. The molecule has 4 heteroatoms. The van der Waals surface area contributed by atoms with Crippen LogP contribution in [0.5, 0.6) is 11.6 Å². The molecule has 0 aliphatic heterocycles. The highest BCUT2D eigenvalue weighted by Crippen LogP contribution is 2.52. The molecule has 25 heavy (non-hydrogen) atoms. The minimum atomic E-state index is -0.364. The summed E-state index contributed by atoms with van der Waals surface area (Å²) in [7, 11) is 0. The highest BCUT2D eigenvalue weighted by atomic mass is 16.5. The van der Waals surface area contributed by atoms with Crippen LogP contribution in [0.15, 0.2) is 42.6 Å². The van der Waals surface area contributed by atoms with Gasteiger partial charge in [-0.25, -0.2) is 9.78 Å². The lowest BCUT2D eigenvalue weighted by Crippen LogP contribution is -2.08. The SMILES string of the molecule is CCOC(=O)c1ccc(Oc2ccc(C3C[C@@H]4CC[C@H]3C4)cc2)nc1. The lowest BCUT2D eigenvalue weighted by molar-refractivity contribution is 0.0526. The molecule has 2 saturated carbocycles. The van der Waals surface area contributed by atoms with Gasteiger partial charge in [-0.05, 0) is 67.7 Å². The van der Waals surface area contributed by atoms with Crippen molar-refractivity contribution in [1.82, 2.24) is 4.98 Å². The Morgan fingerprint density at radius 2 is 1.96 bits per heavy atom. The number of carbonyl (C=O) groups excluding carboxylic acids is 1. The standard InChI is InChI=1S/C21H23NO3/c1-2-24-21(23)17-7-10-20(22-13-17)25-18-8-5-15(6-9-18)19-12-14-3-4-16(19)11-14/h5-10,13-14,16,19H,2-4,11-12H2,1H3/t14-,16+,19?/m1/s1. The Labute approximate surface area is 148 Å². The molecule has 3 atom stereocenters. The van der Waals surface area contributed by atoms with Crippen molar-refractivity contribution in [3.05, 3.63) is 53.7 Å². The molecule has 4 nitrogen and oxygen atoms in total. The summed E-state index contributed by atoms with van der Waals surface area (Å²) in [4.78, 5) is 15.8. The number of ether oxygens (including phenoxy) is 2. The maximum absolute atomic E-state index is 11.6. The predicted molar refractivity (Wildman–Crippen MR) is 94.9 cm³/mol. The fraction of sp³-hybridized carbons (Fsp3) is 0.429. The van der Waals surface area contributed by atoms with Gasteiger partial charge in [-0.2, -0.15) is 0 Å². The van der Waals surface area contributed by atoms with Crippen molar-refractivity contribution in [3.8, 4) is 11.6 Å². The number of hydrogen-bond donors (Lipinski definition) is 0. The largest absolute Gasteiger partial charge is 0.462 e. The summed E-state index contributed by atoms with van der Waals surface area (Å²) in [5.41, 5.74) is 1.87. The summed E-state index contributed by atoms with van der Waals surface area (Å²) in [5, 5.41) is 0. The molecule has 1 heterocycles. The smallest absolute Gasteiger partial charge is 0.339 e. The van der Waals surface area contributed by atoms with Crippen LogP contribution in [0.25, 0.3) is 0 Å². The fourth-order valence-corrected chi connectivity index (χ4v) is 4.33. The second-order valence-corrected chi connectivity index (χ2v) is 7.06. The van der Waals surface area contributed by atoms with Crippen molar-refractivity contribution in [2.24, 2.45) is 11.8 Å². The molecule has 0 N–H and O–H groups in total. The van der Waals surface area contributed by atoms with E-state index in [1.807, 2.05) is 12.1 Å². The van der Waals surface area contributed by atoms with E-state index in [-0.39, 0.29) is 5.97 Å². The third-order valence-electron chi connectivity index (χ3n) is 5.52. The number of carbonyl (C=O) groups is 1. The average molecular weight is 337 g/mol. The van der Waals surface area contributed by atoms with Gasteiger partial charge in [0.15, 0.2) is 0 Å². The molecule has 0 saturated heterocycles. The normalized spacial score (nSPS) is 24.3. The van der Waals surface area contributed by atoms with Crippen LogP contribution >= 0.6 is 0 Å². The zero-order chi connectivity index (χ0) is 17.2. The van der Waals surface area contributed by atoms with E-state index in [2.05, 4.69) is 17.1 Å². The number of benzene rings is 1. The maximum atomic E-state index is 11.6. The summed E-state index contributed by atoms with van der Waals surface area (Å²) >= 11 is 0. The zero-order valence-corrected chi connectivity index (χ0v) is 14.5. The molecular formula is C21H23NO3. The first kappa shape index (κ1) is 16.1. The van der Waals surface area contributed by atoms with Crippen molar-refractivity contribution in [2.45, 2.75) is 38.5 Å². The van der Waals surface area contributed by atoms with Crippen LogP contribution in [0.1, 0.15) is 54.4 Å². The number of aromatic nitrogens is 1. The topological polar surface area (TPSA) is 48.4 Å². The number of hydrogen-bond acceptors (Lipinski definition) is 4. The van der Waals surface area contributed by atoms with E-state index in [1.54, 1.807) is 19.1 Å². The highest BCUT2D eigenvalue weighted by molar-refractivity contribution is 5.89. The Hall–Kier alpha value is -2.36. The third-order valence-corrected chi connectivity index (χ3v) is 5.52. The summed E-state index contributed by atoms with van der Waals surface area (Å²) in [6.45, 7) is 2.13. The van der Waals surface area contributed by atoms with Gasteiger partial charge in [0.1, 0.15) is 5.75 Å². The number of fused-ring (bicyclic) bond motifs is 2. The molecule has 130 valence electrons. The van der Waals surface area contributed by atoms with Gasteiger partial charge in [0, 0.05) is 12.3 Å². The second-order valence-electron chi connectivity index (χ2n) is 7.06. The summed E-state index contributed by atoms with van der Waals surface area (Å²) < 4.78 is 10.7. The Morgan fingerprint density at radius 3 is 2.56 bits per heavy atom. The van der Waals surface area contributed by atoms with Crippen molar-refractivity contribution >= 4 is 5.97 Å². The van der Waals surface area contributed by atoms with Crippen LogP contribution in [-0.2, 0) is 4.74 Å². The monoisotopic (exact) mass is 337 g/mol. The lowest BCUT2D eigenvalue weighted by Gasteiger charge is -2.22. The van der Waals surface area contributed by atoms with E-state index in [0.717, 1.165) is 23.5 Å². The molecule has 1 aromatic carbocycles. The first-order valence-corrected chi connectivity index (χ1v) is 9.14. The van der Waals surface area contributed by atoms with E-state index in [1.165, 1.54) is 37.4 Å². The molecule has 1 aromatic heterocycles. The quantitative estimate of drug-likeness (QED) is 0.724. The van der Waals surface area contributed by atoms with Crippen LogP contribution in [0.2, 0.25) is 0 Å². The van der Waals surface area contributed by atoms with Crippen LogP contribution in [0, 0.1) is 11.8 Å². The van der Waals surface area contributed by atoms with Crippen LogP contribution in [0.3, 0.4) is 0 Å². The number of nitrogens with zero attached hydrogens (tertiary/aromatic N) is 1. The van der Waals surface area contributed by atoms with Gasteiger partial charge in [0.05, 0.1) is 12.2 Å². The van der Waals surface area contributed by atoms with Gasteiger partial charge < -0.3 is 9.47 Å². The van der Waals surface area contributed by atoms with Gasteiger partial charge in [0.25, 0.3) is 0 Å². The molecule has 0 spiro atoms. The molecule has 1 unspecified atom stereocenters. The van der Waals surface area contributed by atoms with Crippen LogP contribution in [-0.4, -0.2) is 17.6 Å². The summed E-state index contributed by atoms with van der Waals surface area (Å²) in [6, 6.07) is 11.8. The first-order valence-electron chi connectivity index (χ1n) is 9.14.